The molecule has 5 aliphatic rings. The van der Waals surface area contributed by atoms with Gasteiger partial charge in [0.2, 0.25) is 0 Å². The zero-order valence-electron chi connectivity index (χ0n) is 20.9. The number of hydrogen-bond donors (Lipinski definition) is 2. The van der Waals surface area contributed by atoms with E-state index in [4.69, 9.17) is 9.47 Å². The molecular weight excluding hydrogens is 463 g/mol. The standard InChI is InChI=1S/C29H33FO6/c1-25-12-11-19(32)13-18(25)9-10-20-21-14-24-29(23(34)16-31,26(21,2)15-22(33)28(20,25)30)36-27(3,35-24)17-7-5-4-6-8-17/h4-8,11-13,20-22,24,31,33H,9-10,14-16H2,1-3H3/t20-,21-,22-,24+,25-,26-,27-,28-,29+/m0/s1. The number of allylic oxidation sites excluding steroid dienone is 4. The minimum absolute atomic E-state index is 0.0220. The van der Waals surface area contributed by atoms with E-state index in [0.717, 1.165) is 5.56 Å². The first-order valence-corrected chi connectivity index (χ1v) is 12.9. The normalized spacial score (nSPS) is 49.1. The van der Waals surface area contributed by atoms with E-state index in [9.17, 15) is 19.8 Å². The highest BCUT2D eigenvalue weighted by atomic mass is 19.1. The number of ketones is 2. The van der Waals surface area contributed by atoms with Gasteiger partial charge in [-0.25, -0.2) is 4.39 Å². The average Bonchev–Trinajstić information content (AvgIpc) is 3.29. The molecule has 1 aliphatic heterocycles. The number of Topliss-reactive ketones (excluding diaryl/α,β-unsaturated/α-hetero) is 1. The summed E-state index contributed by atoms with van der Waals surface area (Å²) >= 11 is 0. The lowest BCUT2D eigenvalue weighted by Gasteiger charge is -2.62. The monoisotopic (exact) mass is 496 g/mol. The van der Waals surface area contributed by atoms with Crippen molar-refractivity contribution in [1.29, 1.82) is 0 Å². The molecule has 0 unspecified atom stereocenters. The van der Waals surface area contributed by atoms with E-state index in [1.54, 1.807) is 19.9 Å². The molecule has 36 heavy (non-hydrogen) atoms. The fraction of sp³-hybridized carbons (Fsp3) is 0.586. The fourth-order valence-electron chi connectivity index (χ4n) is 8.64. The molecule has 9 atom stereocenters. The minimum Gasteiger partial charge on any atom is -0.390 e. The summed E-state index contributed by atoms with van der Waals surface area (Å²) < 4.78 is 30.5. The lowest BCUT2D eigenvalue weighted by molar-refractivity contribution is -0.254. The van der Waals surface area contributed by atoms with E-state index in [1.807, 2.05) is 37.3 Å². The molecule has 1 heterocycles. The topological polar surface area (TPSA) is 93.1 Å². The number of carbonyl (C=O) groups is 2. The number of rotatable bonds is 3. The van der Waals surface area contributed by atoms with Crippen molar-refractivity contribution < 1.29 is 33.7 Å². The van der Waals surface area contributed by atoms with Crippen LogP contribution in [0.5, 0.6) is 0 Å². The van der Waals surface area contributed by atoms with Crippen molar-refractivity contribution in [2.24, 2.45) is 22.7 Å². The predicted molar refractivity (Wildman–Crippen MR) is 128 cm³/mol. The van der Waals surface area contributed by atoms with Crippen molar-refractivity contribution >= 4 is 11.6 Å². The third-order valence-corrected chi connectivity index (χ3v) is 10.4. The third-order valence-electron chi connectivity index (χ3n) is 10.4. The summed E-state index contributed by atoms with van der Waals surface area (Å²) in [6.07, 6.45) is 3.77. The second-order valence-electron chi connectivity index (χ2n) is 11.8. The van der Waals surface area contributed by atoms with Crippen molar-refractivity contribution in [3.8, 4) is 0 Å². The Labute approximate surface area is 210 Å². The van der Waals surface area contributed by atoms with Crippen molar-refractivity contribution in [1.82, 2.24) is 0 Å². The Morgan fingerprint density at radius 1 is 1.17 bits per heavy atom. The van der Waals surface area contributed by atoms with Gasteiger partial charge in [0.05, 0.1) is 12.2 Å². The number of hydrogen-bond acceptors (Lipinski definition) is 6. The summed E-state index contributed by atoms with van der Waals surface area (Å²) in [4.78, 5) is 25.6. The van der Waals surface area contributed by atoms with Gasteiger partial charge < -0.3 is 19.7 Å². The summed E-state index contributed by atoms with van der Waals surface area (Å²) in [7, 11) is 0. The van der Waals surface area contributed by atoms with Gasteiger partial charge in [0.15, 0.2) is 28.6 Å². The Hall–Kier alpha value is -2.19. The molecule has 0 aromatic heterocycles. The Bertz CT molecular complexity index is 1200. The van der Waals surface area contributed by atoms with Crippen molar-refractivity contribution in [3.05, 3.63) is 59.7 Å². The highest BCUT2D eigenvalue weighted by Crippen LogP contribution is 2.72. The first-order valence-electron chi connectivity index (χ1n) is 12.9. The van der Waals surface area contributed by atoms with Gasteiger partial charge in [0, 0.05) is 22.3 Å². The number of aliphatic hydroxyl groups is 2. The molecule has 6 nitrogen and oxygen atoms in total. The number of aliphatic hydroxyl groups excluding tert-OH is 2. The van der Waals surface area contributed by atoms with E-state index in [2.05, 4.69) is 0 Å². The molecule has 0 spiro atoms. The summed E-state index contributed by atoms with van der Waals surface area (Å²) in [5.41, 5.74) is -4.15. The van der Waals surface area contributed by atoms with Crippen LogP contribution in [-0.4, -0.2) is 51.9 Å². The molecule has 192 valence electrons. The highest BCUT2D eigenvalue weighted by Gasteiger charge is 2.80. The van der Waals surface area contributed by atoms with E-state index in [1.165, 1.54) is 12.2 Å². The quantitative estimate of drug-likeness (QED) is 0.665. The number of ether oxygens (including phenoxy) is 2. The van der Waals surface area contributed by atoms with Gasteiger partial charge in [-0.3, -0.25) is 9.59 Å². The first kappa shape index (κ1) is 24.2. The summed E-state index contributed by atoms with van der Waals surface area (Å²) in [5.74, 6) is -2.78. The van der Waals surface area contributed by atoms with Crippen molar-refractivity contribution in [2.75, 3.05) is 6.61 Å². The Kier molecular flexibility index (Phi) is 4.99. The smallest absolute Gasteiger partial charge is 0.193 e. The summed E-state index contributed by atoms with van der Waals surface area (Å²) in [5, 5.41) is 21.7. The van der Waals surface area contributed by atoms with Crippen LogP contribution in [0.2, 0.25) is 0 Å². The molecule has 0 radical (unpaired) electrons. The van der Waals surface area contributed by atoms with Crippen molar-refractivity contribution in [3.63, 3.8) is 0 Å². The van der Waals surface area contributed by atoms with Gasteiger partial charge in [-0.15, -0.1) is 0 Å². The van der Waals surface area contributed by atoms with Gasteiger partial charge in [-0.05, 0) is 57.6 Å². The van der Waals surface area contributed by atoms with Crippen molar-refractivity contribution in [2.45, 2.75) is 75.7 Å². The lowest BCUT2D eigenvalue weighted by Crippen LogP contribution is -2.70. The Morgan fingerprint density at radius 3 is 2.58 bits per heavy atom. The molecule has 1 aromatic carbocycles. The summed E-state index contributed by atoms with van der Waals surface area (Å²) in [6.45, 7) is 4.70. The number of carbonyl (C=O) groups excluding carboxylic acids is 2. The molecule has 1 aromatic rings. The number of fused-ring (bicyclic) bond motifs is 7. The van der Waals surface area contributed by atoms with Gasteiger partial charge in [0.25, 0.3) is 0 Å². The van der Waals surface area contributed by atoms with Crippen LogP contribution < -0.4 is 0 Å². The maximum Gasteiger partial charge on any atom is 0.193 e. The van der Waals surface area contributed by atoms with E-state index in [0.29, 0.717) is 24.8 Å². The number of alkyl halides is 1. The number of benzene rings is 1. The molecule has 2 N–H and O–H groups in total. The van der Waals surface area contributed by atoms with Gasteiger partial charge >= 0.3 is 0 Å². The van der Waals surface area contributed by atoms with Crippen LogP contribution in [0.3, 0.4) is 0 Å². The average molecular weight is 497 g/mol. The molecule has 4 aliphatic carbocycles. The van der Waals surface area contributed by atoms with Crippen LogP contribution in [0.25, 0.3) is 0 Å². The van der Waals surface area contributed by atoms with E-state index < -0.39 is 58.4 Å². The summed E-state index contributed by atoms with van der Waals surface area (Å²) in [6, 6.07) is 9.35. The number of halogens is 1. The van der Waals surface area contributed by atoms with Crippen LogP contribution in [0.4, 0.5) is 4.39 Å². The second kappa shape index (κ2) is 7.44. The zero-order chi connectivity index (χ0) is 25.7. The molecule has 6 rings (SSSR count). The Balaban J connectivity index is 1.46. The minimum atomic E-state index is -2.01. The van der Waals surface area contributed by atoms with Crippen LogP contribution in [-0.2, 0) is 24.8 Å². The second-order valence-corrected chi connectivity index (χ2v) is 11.8. The van der Waals surface area contributed by atoms with Gasteiger partial charge in [0.1, 0.15) is 6.61 Å². The van der Waals surface area contributed by atoms with E-state index >= 15 is 4.39 Å². The molecule has 0 amide bonds. The Morgan fingerprint density at radius 2 is 1.89 bits per heavy atom. The van der Waals surface area contributed by atoms with Crippen LogP contribution in [0, 0.1) is 22.7 Å². The molecule has 0 bridgehead atoms. The molecular formula is C29H33FO6. The highest BCUT2D eigenvalue weighted by molar-refractivity contribution is 6.01. The van der Waals surface area contributed by atoms with Gasteiger partial charge in [-0.2, -0.15) is 0 Å². The van der Waals surface area contributed by atoms with Gasteiger partial charge in [-0.1, -0.05) is 48.9 Å². The molecule has 7 heteroatoms. The maximum atomic E-state index is 17.4. The molecule has 4 fully saturated rings. The van der Waals surface area contributed by atoms with Crippen LogP contribution in [0.1, 0.15) is 52.0 Å². The predicted octanol–water partition coefficient (Wildman–Crippen LogP) is 3.56. The fourth-order valence-corrected chi connectivity index (χ4v) is 8.64. The molecule has 3 saturated carbocycles. The van der Waals surface area contributed by atoms with Crippen LogP contribution in [0.15, 0.2) is 54.1 Å². The SMILES string of the molecule is C[C@]1(c2ccccc2)O[C@@H]2C[C@H]3[C@@H]4CCC5=CC(=O)C=C[C@]5(C)[C@@]4(F)[C@@H](O)C[C@]3(C)[C@]2(C(=O)CO)O1. The largest absolute Gasteiger partial charge is 0.390 e. The zero-order valence-corrected chi connectivity index (χ0v) is 20.9. The maximum absolute atomic E-state index is 17.4. The third kappa shape index (κ3) is 2.65. The lowest BCUT2D eigenvalue weighted by atomic mass is 9.44. The molecule has 1 saturated heterocycles. The van der Waals surface area contributed by atoms with Crippen LogP contribution >= 0.6 is 0 Å². The first-order chi connectivity index (χ1) is 17.0. The van der Waals surface area contributed by atoms with E-state index in [-0.39, 0.29) is 18.1 Å².